The number of hydrogen-bond acceptors (Lipinski definition) is 6. The van der Waals surface area contributed by atoms with Crippen molar-refractivity contribution in [3.05, 3.63) is 54.2 Å². The third-order valence-electron chi connectivity index (χ3n) is 3.56. The molecule has 25 heavy (non-hydrogen) atoms. The number of methoxy groups -OCH3 is 1. The monoisotopic (exact) mass is 337 g/mol. The van der Waals surface area contributed by atoms with Crippen molar-refractivity contribution in [2.24, 2.45) is 0 Å². The van der Waals surface area contributed by atoms with Gasteiger partial charge in [-0.25, -0.2) is 14.8 Å². The minimum Gasteiger partial charge on any atom is -0.495 e. The quantitative estimate of drug-likeness (QED) is 0.687. The lowest BCUT2D eigenvalue weighted by molar-refractivity contribution is 0.0499. The van der Waals surface area contributed by atoms with Crippen LogP contribution in [0.25, 0.3) is 11.0 Å². The number of ether oxygens (including phenoxy) is 2. The fourth-order valence-electron chi connectivity index (χ4n) is 2.37. The Hall–Kier alpha value is -3.15. The van der Waals surface area contributed by atoms with E-state index in [4.69, 9.17) is 9.47 Å². The van der Waals surface area contributed by atoms with Crippen molar-refractivity contribution in [2.45, 2.75) is 13.3 Å². The fraction of sp³-hybridized carbons (Fsp3) is 0.211. The maximum absolute atomic E-state index is 12.4. The van der Waals surface area contributed by atoms with Gasteiger partial charge in [0.25, 0.3) is 0 Å². The van der Waals surface area contributed by atoms with Gasteiger partial charge < -0.3 is 14.8 Å². The molecule has 1 heterocycles. The zero-order valence-electron chi connectivity index (χ0n) is 14.2. The third kappa shape index (κ3) is 3.68. The first-order valence-corrected chi connectivity index (χ1v) is 8.07. The lowest BCUT2D eigenvalue weighted by atomic mass is 10.2. The highest BCUT2D eigenvalue weighted by molar-refractivity contribution is 5.96. The van der Waals surface area contributed by atoms with E-state index in [2.05, 4.69) is 15.3 Å². The van der Waals surface area contributed by atoms with Gasteiger partial charge in [0.1, 0.15) is 5.75 Å². The van der Waals surface area contributed by atoms with Crippen LogP contribution in [0.2, 0.25) is 0 Å². The molecular weight excluding hydrogens is 318 g/mol. The molecule has 0 aliphatic carbocycles. The molecule has 0 aliphatic heterocycles. The first-order valence-electron chi connectivity index (χ1n) is 8.07. The molecule has 128 valence electrons. The predicted octanol–water partition coefficient (Wildman–Crippen LogP) is 3.95. The van der Waals surface area contributed by atoms with Gasteiger partial charge in [-0.15, -0.1) is 0 Å². The number of carbonyl (C=O) groups is 1. The van der Waals surface area contributed by atoms with Crippen molar-refractivity contribution < 1.29 is 14.3 Å². The highest BCUT2D eigenvalue weighted by atomic mass is 16.5. The summed E-state index contributed by atoms with van der Waals surface area (Å²) >= 11 is 0. The number of fused-ring (bicyclic) bond motifs is 1. The highest BCUT2D eigenvalue weighted by Crippen LogP contribution is 2.28. The van der Waals surface area contributed by atoms with E-state index in [1.807, 2.05) is 55.5 Å². The van der Waals surface area contributed by atoms with Gasteiger partial charge in [0.2, 0.25) is 0 Å². The Morgan fingerprint density at radius 3 is 2.44 bits per heavy atom. The van der Waals surface area contributed by atoms with Crippen molar-refractivity contribution >= 4 is 28.5 Å². The van der Waals surface area contributed by atoms with E-state index in [-0.39, 0.29) is 5.69 Å². The first kappa shape index (κ1) is 16.7. The topological polar surface area (TPSA) is 73.3 Å². The average Bonchev–Trinajstić information content (AvgIpc) is 2.66. The van der Waals surface area contributed by atoms with Crippen molar-refractivity contribution in [2.75, 3.05) is 19.0 Å². The molecule has 0 radical (unpaired) electrons. The Bertz CT molecular complexity index is 896. The summed E-state index contributed by atoms with van der Waals surface area (Å²) in [6.07, 6.45) is 0.738. The molecule has 6 nitrogen and oxygen atoms in total. The summed E-state index contributed by atoms with van der Waals surface area (Å²) in [7, 11) is 1.59. The van der Waals surface area contributed by atoms with Gasteiger partial charge >= 0.3 is 5.97 Å². The van der Waals surface area contributed by atoms with Crippen LogP contribution in [-0.2, 0) is 4.74 Å². The summed E-state index contributed by atoms with van der Waals surface area (Å²) in [5.74, 6) is 0.479. The number of anilines is 2. The molecule has 0 unspecified atom stereocenters. The third-order valence-corrected chi connectivity index (χ3v) is 3.56. The standard InChI is InChI=1S/C19H19N3O3/c1-3-12-25-19(23)17-18(21-14-9-5-4-8-13(14)20-17)22-15-10-6-7-11-16(15)24-2/h4-11H,3,12H2,1-2H3,(H,21,22). The number of rotatable bonds is 6. The second kappa shape index (κ2) is 7.61. The molecule has 0 bridgehead atoms. The molecule has 3 aromatic rings. The minimum absolute atomic E-state index is 0.151. The van der Waals surface area contributed by atoms with E-state index < -0.39 is 5.97 Å². The van der Waals surface area contributed by atoms with E-state index >= 15 is 0 Å². The lowest BCUT2D eigenvalue weighted by Crippen LogP contribution is -2.13. The number of esters is 1. The molecule has 1 N–H and O–H groups in total. The number of para-hydroxylation sites is 4. The van der Waals surface area contributed by atoms with Crippen LogP contribution in [0.15, 0.2) is 48.5 Å². The summed E-state index contributed by atoms with van der Waals surface area (Å²) < 4.78 is 10.6. The largest absolute Gasteiger partial charge is 0.495 e. The van der Waals surface area contributed by atoms with Crippen LogP contribution < -0.4 is 10.1 Å². The Labute approximate surface area is 145 Å². The molecule has 0 amide bonds. The molecule has 3 rings (SSSR count). The maximum Gasteiger partial charge on any atom is 0.360 e. The van der Waals surface area contributed by atoms with E-state index in [1.54, 1.807) is 7.11 Å². The number of benzene rings is 2. The Kier molecular flexibility index (Phi) is 5.09. The smallest absolute Gasteiger partial charge is 0.360 e. The first-order chi connectivity index (χ1) is 12.2. The molecule has 0 saturated carbocycles. The van der Waals surface area contributed by atoms with Crippen LogP contribution in [-0.4, -0.2) is 29.7 Å². The van der Waals surface area contributed by atoms with Crippen LogP contribution in [0.1, 0.15) is 23.8 Å². The van der Waals surface area contributed by atoms with E-state index in [0.29, 0.717) is 34.9 Å². The van der Waals surface area contributed by atoms with Gasteiger partial charge in [0.15, 0.2) is 11.5 Å². The molecule has 1 aromatic heterocycles. The molecule has 0 aliphatic rings. The second-order valence-corrected chi connectivity index (χ2v) is 5.37. The molecule has 0 atom stereocenters. The van der Waals surface area contributed by atoms with Crippen LogP contribution in [0.4, 0.5) is 11.5 Å². The van der Waals surface area contributed by atoms with E-state index in [9.17, 15) is 4.79 Å². The number of carbonyl (C=O) groups excluding carboxylic acids is 1. The summed E-state index contributed by atoms with van der Waals surface area (Å²) in [4.78, 5) is 21.4. The van der Waals surface area contributed by atoms with Gasteiger partial charge in [-0.3, -0.25) is 0 Å². The maximum atomic E-state index is 12.4. The molecule has 6 heteroatoms. The molecular formula is C19H19N3O3. The number of hydrogen-bond donors (Lipinski definition) is 1. The van der Waals surface area contributed by atoms with Crippen LogP contribution >= 0.6 is 0 Å². The lowest BCUT2D eigenvalue weighted by Gasteiger charge is -2.13. The highest BCUT2D eigenvalue weighted by Gasteiger charge is 2.19. The number of aromatic nitrogens is 2. The van der Waals surface area contributed by atoms with Gasteiger partial charge in [0.05, 0.1) is 30.4 Å². The Morgan fingerprint density at radius 1 is 1.04 bits per heavy atom. The number of nitrogens with zero attached hydrogens (tertiary/aromatic N) is 2. The van der Waals surface area contributed by atoms with E-state index in [1.165, 1.54) is 0 Å². The van der Waals surface area contributed by atoms with Gasteiger partial charge in [-0.05, 0) is 30.7 Å². The minimum atomic E-state index is -0.502. The van der Waals surface area contributed by atoms with Crippen molar-refractivity contribution in [1.82, 2.24) is 9.97 Å². The van der Waals surface area contributed by atoms with Crippen LogP contribution in [0.3, 0.4) is 0 Å². The van der Waals surface area contributed by atoms with Crippen molar-refractivity contribution in [3.63, 3.8) is 0 Å². The number of nitrogens with one attached hydrogen (secondary N) is 1. The summed E-state index contributed by atoms with van der Waals surface area (Å²) in [5, 5.41) is 3.14. The van der Waals surface area contributed by atoms with Crippen molar-refractivity contribution in [3.8, 4) is 5.75 Å². The average molecular weight is 337 g/mol. The summed E-state index contributed by atoms with van der Waals surface area (Å²) in [6, 6.07) is 14.8. The Balaban J connectivity index is 2.06. The van der Waals surface area contributed by atoms with Crippen LogP contribution in [0, 0.1) is 0 Å². The zero-order chi connectivity index (χ0) is 17.6. The van der Waals surface area contributed by atoms with Gasteiger partial charge in [0, 0.05) is 0 Å². The molecule has 0 saturated heterocycles. The molecule has 0 fully saturated rings. The van der Waals surface area contributed by atoms with E-state index in [0.717, 1.165) is 6.42 Å². The van der Waals surface area contributed by atoms with Crippen LogP contribution in [0.5, 0.6) is 5.75 Å². The SMILES string of the molecule is CCCOC(=O)c1nc2ccccc2nc1Nc1ccccc1OC. The second-order valence-electron chi connectivity index (χ2n) is 5.37. The molecule has 2 aromatic carbocycles. The summed E-state index contributed by atoms with van der Waals surface area (Å²) in [6.45, 7) is 2.27. The Morgan fingerprint density at radius 2 is 1.72 bits per heavy atom. The fourth-order valence-corrected chi connectivity index (χ4v) is 2.37. The van der Waals surface area contributed by atoms with Gasteiger partial charge in [-0.1, -0.05) is 31.2 Å². The summed E-state index contributed by atoms with van der Waals surface area (Å²) in [5.41, 5.74) is 2.17. The van der Waals surface area contributed by atoms with Crippen molar-refractivity contribution in [1.29, 1.82) is 0 Å². The molecule has 0 spiro atoms. The zero-order valence-corrected chi connectivity index (χ0v) is 14.2. The normalized spacial score (nSPS) is 10.5. The van der Waals surface area contributed by atoms with Gasteiger partial charge in [-0.2, -0.15) is 0 Å². The predicted molar refractivity (Wildman–Crippen MR) is 96.4 cm³/mol.